The molecule has 6 atom stereocenters. The number of carboxylic acids is 1. The number of thioether (sulfide) groups is 1. The summed E-state index contributed by atoms with van der Waals surface area (Å²) in [5.74, 6) is -1.80. The molecule has 0 saturated carbocycles. The first kappa shape index (κ1) is 38.0. The lowest BCUT2D eigenvalue weighted by Crippen LogP contribution is -2.61. The van der Waals surface area contributed by atoms with Gasteiger partial charge >= 0.3 is 11.9 Å². The molecule has 1 aromatic rings. The van der Waals surface area contributed by atoms with Gasteiger partial charge in [0.15, 0.2) is 6.10 Å². The summed E-state index contributed by atoms with van der Waals surface area (Å²) in [6, 6.07) is 5.14. The molecule has 47 heavy (non-hydrogen) atoms. The van der Waals surface area contributed by atoms with Gasteiger partial charge in [0.1, 0.15) is 30.7 Å². The SMILES string of the molecule is CCSC(C)C(=O)OCc1ccc(CCCCNC(=O)CCCCCN2C(=O)C=CC2=O)cc1O[C@H]1O[C@@H](C(=O)O)[C@H](O)[C@@H](O)[C@@H]1O. The number of imide groups is 1. The lowest BCUT2D eigenvalue weighted by atomic mass is 9.99. The van der Waals surface area contributed by atoms with Gasteiger partial charge in [-0.1, -0.05) is 25.5 Å². The van der Waals surface area contributed by atoms with Crippen LogP contribution in [-0.2, 0) is 46.5 Å². The summed E-state index contributed by atoms with van der Waals surface area (Å²) in [6.07, 6.45) is -2.19. The molecule has 2 heterocycles. The Hall–Kier alpha value is -3.50. The van der Waals surface area contributed by atoms with Crippen molar-refractivity contribution in [2.45, 2.75) is 101 Å². The van der Waals surface area contributed by atoms with Crippen LogP contribution in [0, 0.1) is 0 Å². The number of aliphatic carboxylic acids is 1. The van der Waals surface area contributed by atoms with Crippen molar-refractivity contribution in [2.75, 3.05) is 18.8 Å². The van der Waals surface area contributed by atoms with E-state index in [9.17, 15) is 44.4 Å². The second-order valence-electron chi connectivity index (χ2n) is 11.3. The summed E-state index contributed by atoms with van der Waals surface area (Å²) < 4.78 is 16.6. The van der Waals surface area contributed by atoms with E-state index in [0.29, 0.717) is 63.6 Å². The molecule has 0 aromatic heterocycles. The highest BCUT2D eigenvalue weighted by Crippen LogP contribution is 2.29. The third kappa shape index (κ3) is 11.3. The Morgan fingerprint density at radius 2 is 1.72 bits per heavy atom. The Morgan fingerprint density at radius 1 is 1.00 bits per heavy atom. The van der Waals surface area contributed by atoms with E-state index in [1.807, 2.05) is 13.0 Å². The molecule has 0 aliphatic carbocycles. The van der Waals surface area contributed by atoms with Gasteiger partial charge in [-0.25, -0.2) is 4.79 Å². The van der Waals surface area contributed by atoms with Gasteiger partial charge in [-0.2, -0.15) is 0 Å². The summed E-state index contributed by atoms with van der Waals surface area (Å²) in [4.78, 5) is 60.5. The topological polar surface area (TPSA) is 209 Å². The van der Waals surface area contributed by atoms with E-state index in [1.54, 1.807) is 19.1 Å². The van der Waals surface area contributed by atoms with Crippen LogP contribution in [0.25, 0.3) is 0 Å². The standard InChI is InChI=1S/C32H44N2O12S/c1-3-47-19(2)31(43)44-18-21-12-11-20(17-22(21)45-32-28(40)26(38)27(39)29(46-32)30(41)42)9-6-7-15-33-23(35)10-5-4-8-16-34-24(36)13-14-25(34)37/h11-14,17,19,26-29,32,38-40H,3-10,15-16,18H2,1-2H3,(H,33,35)(H,41,42)/t19?,26-,27-,28+,29-,32+/m1/s1. The molecule has 14 nitrogen and oxygen atoms in total. The van der Waals surface area contributed by atoms with Crippen molar-refractivity contribution in [1.29, 1.82) is 0 Å². The molecule has 1 fully saturated rings. The van der Waals surface area contributed by atoms with Crippen LogP contribution in [0.1, 0.15) is 63.5 Å². The summed E-state index contributed by atoms with van der Waals surface area (Å²) in [5.41, 5.74) is 1.23. The van der Waals surface area contributed by atoms with E-state index in [2.05, 4.69) is 5.32 Å². The first-order valence-electron chi connectivity index (χ1n) is 15.7. The summed E-state index contributed by atoms with van der Waals surface area (Å²) in [5, 5.41) is 42.6. The fourth-order valence-corrected chi connectivity index (χ4v) is 5.70. The fraction of sp³-hybridized carbons (Fsp3) is 0.594. The number of benzene rings is 1. The molecule has 1 aromatic carbocycles. The molecule has 260 valence electrons. The molecular formula is C32H44N2O12S. The Morgan fingerprint density at radius 3 is 2.40 bits per heavy atom. The van der Waals surface area contributed by atoms with E-state index in [4.69, 9.17) is 14.2 Å². The minimum Gasteiger partial charge on any atom is -0.479 e. The van der Waals surface area contributed by atoms with E-state index in [1.165, 1.54) is 28.8 Å². The Balaban J connectivity index is 1.50. The molecule has 2 aliphatic rings. The Labute approximate surface area is 277 Å². The first-order chi connectivity index (χ1) is 22.4. The number of hydrogen-bond donors (Lipinski definition) is 5. The van der Waals surface area contributed by atoms with E-state index >= 15 is 0 Å². The predicted octanol–water partition coefficient (Wildman–Crippen LogP) is 1.07. The predicted molar refractivity (Wildman–Crippen MR) is 169 cm³/mol. The van der Waals surface area contributed by atoms with Crippen LogP contribution in [-0.4, -0.2) is 110 Å². The third-order valence-corrected chi connectivity index (χ3v) is 8.73. The van der Waals surface area contributed by atoms with E-state index in [0.717, 1.165) is 11.3 Å². The zero-order chi connectivity index (χ0) is 34.5. The van der Waals surface area contributed by atoms with Gasteiger partial charge in [-0.15, -0.1) is 11.8 Å². The van der Waals surface area contributed by atoms with Crippen molar-refractivity contribution >= 4 is 41.4 Å². The molecule has 0 spiro atoms. The summed E-state index contributed by atoms with van der Waals surface area (Å²) in [6.45, 7) is 4.28. The van der Waals surface area contributed by atoms with Crippen LogP contribution in [0.15, 0.2) is 30.4 Å². The number of esters is 1. The number of aliphatic hydroxyl groups excluding tert-OH is 3. The number of nitrogens with zero attached hydrogens (tertiary/aromatic N) is 1. The highest BCUT2D eigenvalue weighted by molar-refractivity contribution is 8.00. The normalized spacial score (nSPS) is 23.1. The summed E-state index contributed by atoms with van der Waals surface area (Å²) in [7, 11) is 0. The molecule has 1 unspecified atom stereocenters. The number of unbranched alkanes of at least 4 members (excludes halogenated alkanes) is 3. The zero-order valence-corrected chi connectivity index (χ0v) is 27.4. The fourth-order valence-electron chi connectivity index (χ4n) is 5.00. The summed E-state index contributed by atoms with van der Waals surface area (Å²) >= 11 is 1.42. The van der Waals surface area contributed by atoms with Gasteiger partial charge in [0.05, 0.1) is 5.25 Å². The monoisotopic (exact) mass is 680 g/mol. The van der Waals surface area contributed by atoms with Gasteiger partial charge in [0.25, 0.3) is 11.8 Å². The second kappa shape index (κ2) is 18.7. The Kier molecular flexibility index (Phi) is 15.1. The second-order valence-corrected chi connectivity index (χ2v) is 12.9. The van der Waals surface area contributed by atoms with Crippen LogP contribution in [0.3, 0.4) is 0 Å². The molecule has 2 aliphatic heterocycles. The lowest BCUT2D eigenvalue weighted by molar-refractivity contribution is -0.271. The smallest absolute Gasteiger partial charge is 0.335 e. The molecule has 3 rings (SSSR count). The minimum atomic E-state index is -1.87. The maximum Gasteiger partial charge on any atom is 0.335 e. The van der Waals surface area contributed by atoms with Crippen molar-refractivity contribution in [3.05, 3.63) is 41.5 Å². The molecule has 1 saturated heterocycles. The molecule has 0 bridgehead atoms. The van der Waals surface area contributed by atoms with E-state index in [-0.39, 0.29) is 30.1 Å². The number of ether oxygens (including phenoxy) is 3. The Bertz CT molecular complexity index is 1270. The maximum absolute atomic E-state index is 12.4. The molecule has 5 N–H and O–H groups in total. The molecule has 0 radical (unpaired) electrons. The highest BCUT2D eigenvalue weighted by Gasteiger charge is 2.48. The van der Waals surface area contributed by atoms with Crippen molar-refractivity contribution in [1.82, 2.24) is 10.2 Å². The minimum absolute atomic E-state index is 0.0840. The van der Waals surface area contributed by atoms with Crippen LogP contribution in [0.5, 0.6) is 5.75 Å². The number of rotatable bonds is 19. The van der Waals surface area contributed by atoms with Crippen molar-refractivity contribution in [3.8, 4) is 5.75 Å². The largest absolute Gasteiger partial charge is 0.479 e. The third-order valence-electron chi connectivity index (χ3n) is 7.71. The highest BCUT2D eigenvalue weighted by atomic mass is 32.2. The van der Waals surface area contributed by atoms with Gasteiger partial charge in [0.2, 0.25) is 12.2 Å². The van der Waals surface area contributed by atoms with Gasteiger partial charge in [0, 0.05) is 37.2 Å². The molecule has 15 heteroatoms. The number of carboxylic acid groups (broad SMARTS) is 1. The number of amides is 3. The average molecular weight is 681 g/mol. The van der Waals surface area contributed by atoms with Gasteiger partial charge < -0.3 is 40.0 Å². The van der Waals surface area contributed by atoms with Crippen LogP contribution < -0.4 is 10.1 Å². The number of carbonyl (C=O) groups is 5. The quantitative estimate of drug-likeness (QED) is 0.0788. The van der Waals surface area contributed by atoms with Crippen LogP contribution in [0.4, 0.5) is 0 Å². The number of hydrogen-bond acceptors (Lipinski definition) is 12. The number of carbonyl (C=O) groups excluding carboxylic acids is 4. The molecule has 3 amide bonds. The van der Waals surface area contributed by atoms with Crippen molar-refractivity contribution in [2.24, 2.45) is 0 Å². The number of aryl methyl sites for hydroxylation is 1. The van der Waals surface area contributed by atoms with Crippen LogP contribution in [0.2, 0.25) is 0 Å². The maximum atomic E-state index is 12.4. The lowest BCUT2D eigenvalue weighted by Gasteiger charge is -2.38. The average Bonchev–Trinajstić information content (AvgIpc) is 3.36. The zero-order valence-electron chi connectivity index (χ0n) is 26.5. The number of aliphatic hydroxyl groups is 3. The van der Waals surface area contributed by atoms with Gasteiger partial charge in [-0.3, -0.25) is 24.1 Å². The van der Waals surface area contributed by atoms with Crippen molar-refractivity contribution < 1.29 is 58.6 Å². The molecular weight excluding hydrogens is 636 g/mol. The van der Waals surface area contributed by atoms with E-state index < -0.39 is 47.9 Å². The van der Waals surface area contributed by atoms with Crippen molar-refractivity contribution in [3.63, 3.8) is 0 Å². The van der Waals surface area contributed by atoms with Gasteiger partial charge in [-0.05, 0) is 56.4 Å². The van der Waals surface area contributed by atoms with Crippen LogP contribution >= 0.6 is 11.8 Å². The first-order valence-corrected chi connectivity index (χ1v) is 16.8. The number of nitrogens with one attached hydrogen (secondary N) is 1.